The van der Waals surface area contributed by atoms with Gasteiger partial charge in [0.05, 0.1) is 0 Å². The Bertz CT molecular complexity index is 602. The first-order chi connectivity index (χ1) is 8.34. The summed E-state index contributed by atoms with van der Waals surface area (Å²) in [6.45, 7) is 0. The van der Waals surface area contributed by atoms with Crippen LogP contribution in [0, 0.1) is 0 Å². The van der Waals surface area contributed by atoms with Crippen molar-refractivity contribution in [1.82, 2.24) is 0 Å². The summed E-state index contributed by atoms with van der Waals surface area (Å²) in [4.78, 5) is 11.5. The lowest BCUT2D eigenvalue weighted by Gasteiger charge is -2.14. The first kappa shape index (κ1) is 10.3. The van der Waals surface area contributed by atoms with Crippen molar-refractivity contribution in [2.45, 2.75) is 19.3 Å². The summed E-state index contributed by atoms with van der Waals surface area (Å²) in [7, 11) is 0. The van der Waals surface area contributed by atoms with Crippen molar-refractivity contribution in [3.8, 4) is 0 Å². The standard InChI is InChI=1S/C16H14O/c17-14-8-3-7-13(11-14)16-10-4-6-12-5-1-2-9-15(12)16/h1-2,4-6,9-11H,3,7-8H2. The average Bonchev–Trinajstić information content (AvgIpc) is 2.38. The summed E-state index contributed by atoms with van der Waals surface area (Å²) in [5.41, 5.74) is 2.41. The summed E-state index contributed by atoms with van der Waals surface area (Å²) in [5, 5.41) is 2.49. The number of rotatable bonds is 1. The van der Waals surface area contributed by atoms with E-state index in [4.69, 9.17) is 0 Å². The molecule has 0 spiro atoms. The molecule has 0 bridgehead atoms. The molecule has 0 unspecified atom stereocenters. The lowest BCUT2D eigenvalue weighted by Crippen LogP contribution is -2.02. The van der Waals surface area contributed by atoms with Gasteiger partial charge in [-0.15, -0.1) is 0 Å². The minimum absolute atomic E-state index is 0.263. The van der Waals surface area contributed by atoms with Gasteiger partial charge in [-0.05, 0) is 40.8 Å². The van der Waals surface area contributed by atoms with Crippen LogP contribution in [-0.4, -0.2) is 5.78 Å². The molecular weight excluding hydrogens is 208 g/mol. The highest BCUT2D eigenvalue weighted by atomic mass is 16.1. The molecule has 17 heavy (non-hydrogen) atoms. The Morgan fingerprint density at radius 1 is 0.882 bits per heavy atom. The molecule has 3 rings (SSSR count). The van der Waals surface area contributed by atoms with Crippen LogP contribution in [0.2, 0.25) is 0 Å². The SMILES string of the molecule is O=C1C=C(c2cccc3ccccc23)CCC1. The van der Waals surface area contributed by atoms with Crippen LogP contribution in [0.5, 0.6) is 0 Å². The van der Waals surface area contributed by atoms with E-state index in [2.05, 4.69) is 36.4 Å². The van der Waals surface area contributed by atoms with E-state index in [0.717, 1.165) is 12.8 Å². The fourth-order valence-corrected chi connectivity index (χ4v) is 2.51. The van der Waals surface area contributed by atoms with Gasteiger partial charge in [0.15, 0.2) is 5.78 Å². The van der Waals surface area contributed by atoms with Crippen molar-refractivity contribution in [2.75, 3.05) is 0 Å². The summed E-state index contributed by atoms with van der Waals surface area (Å²) in [6.07, 6.45) is 4.52. The number of ketones is 1. The van der Waals surface area contributed by atoms with E-state index < -0.39 is 0 Å². The van der Waals surface area contributed by atoms with Gasteiger partial charge in [0, 0.05) is 6.42 Å². The van der Waals surface area contributed by atoms with Crippen molar-refractivity contribution >= 4 is 22.1 Å². The second kappa shape index (κ2) is 4.17. The van der Waals surface area contributed by atoms with E-state index >= 15 is 0 Å². The highest BCUT2D eigenvalue weighted by molar-refractivity contribution is 6.02. The Hall–Kier alpha value is -1.89. The molecule has 1 aliphatic carbocycles. The molecule has 0 saturated heterocycles. The van der Waals surface area contributed by atoms with E-state index in [0.29, 0.717) is 6.42 Å². The average molecular weight is 222 g/mol. The van der Waals surface area contributed by atoms with E-state index in [1.165, 1.54) is 21.9 Å². The van der Waals surface area contributed by atoms with Gasteiger partial charge in [0.1, 0.15) is 0 Å². The number of benzene rings is 2. The van der Waals surface area contributed by atoms with E-state index in [1.54, 1.807) is 0 Å². The Morgan fingerprint density at radius 2 is 1.71 bits per heavy atom. The Kier molecular flexibility index (Phi) is 2.52. The molecule has 2 aromatic carbocycles. The fourth-order valence-electron chi connectivity index (χ4n) is 2.51. The lowest BCUT2D eigenvalue weighted by molar-refractivity contribution is -0.114. The summed E-state index contributed by atoms with van der Waals surface area (Å²) >= 11 is 0. The molecule has 84 valence electrons. The van der Waals surface area contributed by atoms with Crippen molar-refractivity contribution < 1.29 is 4.79 Å². The highest BCUT2D eigenvalue weighted by Crippen LogP contribution is 2.30. The first-order valence-electron chi connectivity index (χ1n) is 6.06. The second-order valence-corrected chi connectivity index (χ2v) is 4.52. The number of hydrogen-bond acceptors (Lipinski definition) is 1. The molecular formula is C16H14O. The van der Waals surface area contributed by atoms with Gasteiger partial charge in [-0.2, -0.15) is 0 Å². The van der Waals surface area contributed by atoms with Crippen LogP contribution in [0.1, 0.15) is 24.8 Å². The van der Waals surface area contributed by atoms with Crippen LogP contribution in [0.25, 0.3) is 16.3 Å². The molecule has 0 radical (unpaired) electrons. The first-order valence-corrected chi connectivity index (χ1v) is 6.06. The van der Waals surface area contributed by atoms with Crippen molar-refractivity contribution in [3.05, 3.63) is 54.1 Å². The third kappa shape index (κ3) is 1.89. The quantitative estimate of drug-likeness (QED) is 0.713. The van der Waals surface area contributed by atoms with Crippen LogP contribution in [0.3, 0.4) is 0 Å². The maximum absolute atomic E-state index is 11.5. The zero-order valence-corrected chi connectivity index (χ0v) is 9.65. The Labute approximate surface area is 101 Å². The Morgan fingerprint density at radius 3 is 2.59 bits per heavy atom. The molecule has 0 heterocycles. The summed E-state index contributed by atoms with van der Waals surface area (Å²) < 4.78 is 0. The number of fused-ring (bicyclic) bond motifs is 1. The van der Waals surface area contributed by atoms with E-state index in [1.807, 2.05) is 12.1 Å². The van der Waals surface area contributed by atoms with Crippen LogP contribution >= 0.6 is 0 Å². The fraction of sp³-hybridized carbons (Fsp3) is 0.188. The number of carbonyl (C=O) groups excluding carboxylic acids is 1. The molecule has 0 fully saturated rings. The van der Waals surface area contributed by atoms with Gasteiger partial charge < -0.3 is 0 Å². The zero-order chi connectivity index (χ0) is 11.7. The smallest absolute Gasteiger partial charge is 0.155 e. The van der Waals surface area contributed by atoms with E-state index in [9.17, 15) is 4.79 Å². The van der Waals surface area contributed by atoms with Gasteiger partial charge >= 0.3 is 0 Å². The molecule has 2 aromatic rings. The topological polar surface area (TPSA) is 17.1 Å². The largest absolute Gasteiger partial charge is 0.295 e. The number of hydrogen-bond donors (Lipinski definition) is 0. The Balaban J connectivity index is 2.20. The predicted octanol–water partition coefficient (Wildman–Crippen LogP) is 3.98. The van der Waals surface area contributed by atoms with Crippen LogP contribution in [0.15, 0.2) is 48.5 Å². The normalized spacial score (nSPS) is 16.0. The minimum atomic E-state index is 0.263. The second-order valence-electron chi connectivity index (χ2n) is 4.52. The third-order valence-corrected chi connectivity index (χ3v) is 3.34. The maximum Gasteiger partial charge on any atom is 0.155 e. The zero-order valence-electron chi connectivity index (χ0n) is 9.65. The lowest BCUT2D eigenvalue weighted by atomic mass is 9.90. The molecule has 1 nitrogen and oxygen atoms in total. The van der Waals surface area contributed by atoms with Crippen LogP contribution in [-0.2, 0) is 4.79 Å². The summed E-state index contributed by atoms with van der Waals surface area (Å²) in [6, 6.07) is 14.6. The monoisotopic (exact) mass is 222 g/mol. The van der Waals surface area contributed by atoms with Crippen molar-refractivity contribution in [1.29, 1.82) is 0 Å². The van der Waals surface area contributed by atoms with Gasteiger partial charge in [0.25, 0.3) is 0 Å². The predicted molar refractivity (Wildman–Crippen MR) is 70.8 cm³/mol. The maximum atomic E-state index is 11.5. The van der Waals surface area contributed by atoms with Crippen LogP contribution in [0.4, 0.5) is 0 Å². The molecule has 0 aromatic heterocycles. The summed E-state index contributed by atoms with van der Waals surface area (Å²) in [5.74, 6) is 0.263. The van der Waals surface area contributed by atoms with Gasteiger partial charge in [-0.1, -0.05) is 42.5 Å². The van der Waals surface area contributed by atoms with Gasteiger partial charge in [-0.3, -0.25) is 4.79 Å². The third-order valence-electron chi connectivity index (χ3n) is 3.34. The molecule has 0 aliphatic heterocycles. The molecule has 0 saturated carbocycles. The minimum Gasteiger partial charge on any atom is -0.295 e. The number of carbonyl (C=O) groups is 1. The molecule has 1 heteroatoms. The molecule has 0 atom stereocenters. The van der Waals surface area contributed by atoms with E-state index in [-0.39, 0.29) is 5.78 Å². The number of allylic oxidation sites excluding steroid dienone is 2. The molecule has 1 aliphatic rings. The van der Waals surface area contributed by atoms with Crippen LogP contribution < -0.4 is 0 Å². The van der Waals surface area contributed by atoms with Crippen molar-refractivity contribution in [2.24, 2.45) is 0 Å². The van der Waals surface area contributed by atoms with Gasteiger partial charge in [0.2, 0.25) is 0 Å². The molecule has 0 N–H and O–H groups in total. The molecule has 0 amide bonds. The van der Waals surface area contributed by atoms with Gasteiger partial charge in [-0.25, -0.2) is 0 Å². The van der Waals surface area contributed by atoms with Crippen molar-refractivity contribution in [3.63, 3.8) is 0 Å². The highest BCUT2D eigenvalue weighted by Gasteiger charge is 2.13.